The number of carbonyl (C=O) groups excluding carboxylic acids is 1. The first-order valence-electron chi connectivity index (χ1n) is 6.28. The highest BCUT2D eigenvalue weighted by molar-refractivity contribution is 6.34. The average molecular weight is 323 g/mol. The van der Waals surface area contributed by atoms with Crippen molar-refractivity contribution in [3.8, 4) is 17.2 Å². The van der Waals surface area contributed by atoms with E-state index in [0.717, 1.165) is 5.01 Å². The van der Waals surface area contributed by atoms with Gasteiger partial charge in [0.2, 0.25) is 5.75 Å². The van der Waals surface area contributed by atoms with Crippen molar-refractivity contribution in [2.45, 2.75) is 0 Å². The summed E-state index contributed by atoms with van der Waals surface area (Å²) in [5, 5.41) is 11.1. The fraction of sp³-hybridized carbons (Fsp3) is 0.133. The second-order valence-corrected chi connectivity index (χ2v) is 4.76. The number of amides is 1. The number of nitrogens with two attached hydrogens (primary N) is 1. The average Bonchev–Trinajstić information content (AvgIpc) is 2.54. The lowest BCUT2D eigenvalue weighted by atomic mass is 10.1. The molecule has 116 valence electrons. The summed E-state index contributed by atoms with van der Waals surface area (Å²) in [5.41, 5.74) is 0.550. The fourth-order valence-corrected chi connectivity index (χ4v) is 2.14. The molecule has 0 atom stereocenters. The number of hydrogen-bond donors (Lipinski definition) is 2. The largest absolute Gasteiger partial charge is 0.502 e. The highest BCUT2D eigenvalue weighted by Crippen LogP contribution is 2.37. The summed E-state index contributed by atoms with van der Waals surface area (Å²) in [4.78, 5) is 12.5. The zero-order valence-electron chi connectivity index (χ0n) is 12.0. The lowest BCUT2D eigenvalue weighted by molar-refractivity contribution is 0.0986. The van der Waals surface area contributed by atoms with E-state index in [4.69, 9.17) is 26.9 Å². The fourth-order valence-electron chi connectivity index (χ4n) is 1.91. The predicted molar refractivity (Wildman–Crippen MR) is 83.7 cm³/mol. The van der Waals surface area contributed by atoms with Crippen LogP contribution in [0.2, 0.25) is 5.02 Å². The van der Waals surface area contributed by atoms with Crippen LogP contribution in [0, 0.1) is 0 Å². The molecule has 2 rings (SSSR count). The molecule has 0 radical (unpaired) electrons. The van der Waals surface area contributed by atoms with E-state index in [1.165, 1.54) is 26.4 Å². The van der Waals surface area contributed by atoms with Gasteiger partial charge in [-0.3, -0.25) is 4.79 Å². The topological polar surface area (TPSA) is 85.0 Å². The van der Waals surface area contributed by atoms with E-state index in [0.29, 0.717) is 10.7 Å². The molecule has 3 N–H and O–H groups in total. The third kappa shape index (κ3) is 2.93. The predicted octanol–water partition coefficient (Wildman–Crippen LogP) is 2.58. The maximum atomic E-state index is 12.5. The van der Waals surface area contributed by atoms with Crippen molar-refractivity contribution >= 4 is 23.2 Å². The van der Waals surface area contributed by atoms with Crippen molar-refractivity contribution < 1.29 is 19.4 Å². The third-order valence-electron chi connectivity index (χ3n) is 3.06. The summed E-state index contributed by atoms with van der Waals surface area (Å²) >= 11 is 6.03. The molecule has 0 fully saturated rings. The molecule has 0 bridgehead atoms. The monoisotopic (exact) mass is 322 g/mol. The molecule has 2 aromatic rings. The summed E-state index contributed by atoms with van der Waals surface area (Å²) in [6.45, 7) is 0. The summed E-state index contributed by atoms with van der Waals surface area (Å²) in [7, 11) is 2.74. The number of rotatable bonds is 4. The Bertz CT molecular complexity index is 681. The molecule has 6 nitrogen and oxygen atoms in total. The number of phenolic OH excluding ortho intramolecular Hbond substituents is 1. The number of aromatic hydroxyl groups is 1. The van der Waals surface area contributed by atoms with Gasteiger partial charge in [-0.05, 0) is 24.3 Å². The van der Waals surface area contributed by atoms with Gasteiger partial charge in [0, 0.05) is 5.56 Å². The molecule has 2 aromatic carbocycles. The van der Waals surface area contributed by atoms with Crippen LogP contribution in [0.15, 0.2) is 36.4 Å². The van der Waals surface area contributed by atoms with Crippen molar-refractivity contribution in [2.24, 2.45) is 5.84 Å². The number of ether oxygens (including phenoxy) is 2. The molecule has 0 aliphatic carbocycles. The number of para-hydroxylation sites is 1. The Kier molecular flexibility index (Phi) is 4.75. The molecule has 0 unspecified atom stereocenters. The molecule has 0 spiro atoms. The number of benzene rings is 2. The van der Waals surface area contributed by atoms with E-state index in [-0.39, 0.29) is 22.8 Å². The van der Waals surface area contributed by atoms with E-state index in [1.807, 2.05) is 0 Å². The van der Waals surface area contributed by atoms with Crippen LogP contribution in [0.3, 0.4) is 0 Å². The Morgan fingerprint density at radius 3 is 2.23 bits per heavy atom. The second kappa shape index (κ2) is 6.55. The van der Waals surface area contributed by atoms with E-state index in [9.17, 15) is 9.90 Å². The van der Waals surface area contributed by atoms with E-state index >= 15 is 0 Å². The zero-order chi connectivity index (χ0) is 16.3. The second-order valence-electron chi connectivity index (χ2n) is 4.36. The van der Waals surface area contributed by atoms with Crippen LogP contribution in [-0.2, 0) is 0 Å². The van der Waals surface area contributed by atoms with Crippen LogP contribution in [0.5, 0.6) is 17.2 Å². The first-order chi connectivity index (χ1) is 10.5. The minimum atomic E-state index is -0.523. The van der Waals surface area contributed by atoms with Crippen LogP contribution >= 0.6 is 11.6 Å². The van der Waals surface area contributed by atoms with Crippen LogP contribution in [0.25, 0.3) is 0 Å². The number of hydrazine groups is 1. The molecule has 0 heterocycles. The summed E-state index contributed by atoms with van der Waals surface area (Å²) in [6, 6.07) is 9.44. The maximum absolute atomic E-state index is 12.5. The SMILES string of the molecule is COc1cc(C(=O)N(N)c2ccccc2Cl)cc(OC)c1O. The van der Waals surface area contributed by atoms with Crippen molar-refractivity contribution in [2.75, 3.05) is 19.2 Å². The number of hydrogen-bond acceptors (Lipinski definition) is 5. The third-order valence-corrected chi connectivity index (χ3v) is 3.38. The van der Waals surface area contributed by atoms with Gasteiger partial charge in [-0.15, -0.1) is 0 Å². The van der Waals surface area contributed by atoms with Gasteiger partial charge in [-0.25, -0.2) is 10.9 Å². The van der Waals surface area contributed by atoms with Crippen LogP contribution in [0.1, 0.15) is 10.4 Å². The van der Waals surface area contributed by atoms with Crippen molar-refractivity contribution in [3.63, 3.8) is 0 Å². The molecule has 22 heavy (non-hydrogen) atoms. The Morgan fingerprint density at radius 1 is 1.18 bits per heavy atom. The number of methoxy groups -OCH3 is 2. The van der Waals surface area contributed by atoms with Crippen molar-refractivity contribution in [1.82, 2.24) is 0 Å². The van der Waals surface area contributed by atoms with Gasteiger partial charge in [0.1, 0.15) is 0 Å². The highest BCUT2D eigenvalue weighted by atomic mass is 35.5. The van der Waals surface area contributed by atoms with Crippen molar-refractivity contribution in [3.05, 3.63) is 47.0 Å². The normalized spacial score (nSPS) is 10.2. The van der Waals surface area contributed by atoms with Gasteiger partial charge in [0.25, 0.3) is 5.91 Å². The smallest absolute Gasteiger partial charge is 0.272 e. The number of nitrogens with zero attached hydrogens (tertiary/aromatic N) is 1. The van der Waals surface area contributed by atoms with E-state index in [1.54, 1.807) is 24.3 Å². The van der Waals surface area contributed by atoms with Gasteiger partial charge >= 0.3 is 0 Å². The first kappa shape index (κ1) is 15.9. The molecule has 0 aliphatic rings. The molecule has 1 amide bonds. The first-order valence-corrected chi connectivity index (χ1v) is 6.66. The van der Waals surface area contributed by atoms with Crippen LogP contribution in [-0.4, -0.2) is 25.2 Å². The van der Waals surface area contributed by atoms with E-state index in [2.05, 4.69) is 0 Å². The van der Waals surface area contributed by atoms with E-state index < -0.39 is 5.91 Å². The number of carbonyl (C=O) groups is 1. The molecular weight excluding hydrogens is 308 g/mol. The summed E-state index contributed by atoms with van der Waals surface area (Å²) in [6.07, 6.45) is 0. The molecule has 7 heteroatoms. The molecule has 0 aliphatic heterocycles. The summed E-state index contributed by atoms with van der Waals surface area (Å²) < 4.78 is 10.0. The van der Waals surface area contributed by atoms with Gasteiger partial charge in [0.15, 0.2) is 11.5 Å². The lowest BCUT2D eigenvalue weighted by Gasteiger charge is -2.19. The molecule has 0 saturated heterocycles. The van der Waals surface area contributed by atoms with Crippen molar-refractivity contribution in [1.29, 1.82) is 0 Å². The molecule has 0 saturated carbocycles. The Balaban J connectivity index is 2.43. The zero-order valence-corrected chi connectivity index (χ0v) is 12.8. The van der Waals surface area contributed by atoms with Crippen LogP contribution in [0.4, 0.5) is 5.69 Å². The standard InChI is InChI=1S/C15H15ClN2O4/c1-21-12-7-9(8-13(22-2)14(12)19)15(20)18(17)11-6-4-3-5-10(11)16/h3-8,19H,17H2,1-2H3. The minimum absolute atomic E-state index is 0.107. The van der Waals surface area contributed by atoms with Gasteiger partial charge in [-0.1, -0.05) is 23.7 Å². The minimum Gasteiger partial charge on any atom is -0.502 e. The van der Waals surface area contributed by atoms with Crippen LogP contribution < -0.4 is 20.3 Å². The van der Waals surface area contributed by atoms with Gasteiger partial charge in [-0.2, -0.15) is 0 Å². The molecular formula is C15H15ClN2O4. The molecule has 0 aromatic heterocycles. The maximum Gasteiger partial charge on any atom is 0.272 e. The Morgan fingerprint density at radius 2 is 1.73 bits per heavy atom. The lowest BCUT2D eigenvalue weighted by Crippen LogP contribution is -2.37. The number of halogens is 1. The Labute approximate surface area is 132 Å². The summed E-state index contributed by atoms with van der Waals surface area (Å²) in [5.74, 6) is 5.35. The Hall–Kier alpha value is -2.44. The van der Waals surface area contributed by atoms with Gasteiger partial charge in [0.05, 0.1) is 24.9 Å². The van der Waals surface area contributed by atoms with Gasteiger partial charge < -0.3 is 14.6 Å². The number of anilines is 1. The highest BCUT2D eigenvalue weighted by Gasteiger charge is 2.20. The quantitative estimate of drug-likeness (QED) is 0.513. The number of phenols is 1.